The molecule has 0 aliphatic carbocycles. The maximum absolute atomic E-state index is 12.9. The van der Waals surface area contributed by atoms with Crippen LogP contribution in [0.4, 0.5) is 0 Å². The summed E-state index contributed by atoms with van der Waals surface area (Å²) in [4.78, 5) is 64.4. The quantitative estimate of drug-likeness (QED) is 0.284. The number of carbonyl (C=O) groups is 5. The van der Waals surface area contributed by atoms with Crippen LogP contribution >= 0.6 is 11.8 Å². The van der Waals surface area contributed by atoms with Crippen LogP contribution in [0.25, 0.3) is 0 Å². The van der Waals surface area contributed by atoms with E-state index in [1.165, 1.54) is 4.90 Å². The predicted octanol–water partition coefficient (Wildman–Crippen LogP) is 3.42. The molecular formula is C26H33N3O5S. The van der Waals surface area contributed by atoms with Gasteiger partial charge in [0.25, 0.3) is 5.91 Å². The Kier molecular flexibility index (Phi) is 8.59. The largest absolute Gasteiger partial charge is 0.322 e. The molecule has 1 N–H and O–H groups in total. The molecule has 1 unspecified atom stereocenters. The Morgan fingerprint density at radius 3 is 2.34 bits per heavy atom. The second kappa shape index (κ2) is 11.8. The highest BCUT2D eigenvalue weighted by atomic mass is 32.2. The van der Waals surface area contributed by atoms with Gasteiger partial charge in [-0.3, -0.25) is 34.2 Å². The van der Waals surface area contributed by atoms with E-state index < -0.39 is 6.04 Å². The lowest BCUT2D eigenvalue weighted by atomic mass is 10.0. The van der Waals surface area contributed by atoms with Gasteiger partial charge in [0.05, 0.1) is 0 Å². The van der Waals surface area contributed by atoms with Gasteiger partial charge in [-0.25, -0.2) is 0 Å². The maximum atomic E-state index is 12.9. The zero-order valence-electron chi connectivity index (χ0n) is 20.1. The predicted molar refractivity (Wildman–Crippen MR) is 131 cm³/mol. The number of rotatable bonds is 11. The van der Waals surface area contributed by atoms with Crippen molar-refractivity contribution in [1.82, 2.24) is 15.1 Å². The number of benzene rings is 1. The molecule has 3 heterocycles. The summed E-state index contributed by atoms with van der Waals surface area (Å²) in [5.74, 6) is 0.120. The molecule has 1 aromatic rings. The van der Waals surface area contributed by atoms with Crippen LogP contribution in [-0.2, 0) is 25.7 Å². The second-order valence-electron chi connectivity index (χ2n) is 9.44. The molecule has 0 saturated carbocycles. The van der Waals surface area contributed by atoms with Crippen LogP contribution < -0.4 is 5.32 Å². The minimum Gasteiger partial charge on any atom is -0.322 e. The highest BCUT2D eigenvalue weighted by molar-refractivity contribution is 7.99. The molecule has 4 rings (SSSR count). The highest BCUT2D eigenvalue weighted by Crippen LogP contribution is 2.34. The van der Waals surface area contributed by atoms with Gasteiger partial charge >= 0.3 is 0 Å². The number of nitrogens with one attached hydrogen (secondary N) is 1. The van der Waals surface area contributed by atoms with E-state index in [4.69, 9.17) is 0 Å². The number of unbranched alkanes of at least 4 members (excludes halogenated alkanes) is 5. The van der Waals surface area contributed by atoms with Crippen LogP contribution in [0, 0.1) is 0 Å². The van der Waals surface area contributed by atoms with Crippen LogP contribution in [-0.4, -0.2) is 57.7 Å². The number of hydrogen-bond donors (Lipinski definition) is 1. The van der Waals surface area contributed by atoms with E-state index in [1.807, 2.05) is 18.2 Å². The van der Waals surface area contributed by atoms with Crippen molar-refractivity contribution in [2.24, 2.45) is 0 Å². The Hall–Kier alpha value is -2.68. The summed E-state index contributed by atoms with van der Waals surface area (Å²) in [6.07, 6.45) is 8.61. The molecule has 1 atom stereocenters. The molecular weight excluding hydrogens is 466 g/mol. The van der Waals surface area contributed by atoms with Crippen LogP contribution in [0.2, 0.25) is 0 Å². The average molecular weight is 500 g/mol. The number of hydrogen-bond acceptors (Lipinski definition) is 6. The van der Waals surface area contributed by atoms with Crippen LogP contribution in [0.5, 0.6) is 0 Å². The van der Waals surface area contributed by atoms with E-state index in [2.05, 4.69) is 5.32 Å². The van der Waals surface area contributed by atoms with Gasteiger partial charge in [0.1, 0.15) is 6.04 Å². The van der Waals surface area contributed by atoms with Crippen molar-refractivity contribution < 1.29 is 24.0 Å². The first-order valence-corrected chi connectivity index (χ1v) is 13.7. The van der Waals surface area contributed by atoms with Crippen LogP contribution in [0.3, 0.4) is 0 Å². The van der Waals surface area contributed by atoms with Gasteiger partial charge in [0, 0.05) is 42.8 Å². The highest BCUT2D eigenvalue weighted by Gasteiger charge is 2.39. The zero-order valence-corrected chi connectivity index (χ0v) is 20.9. The molecule has 0 bridgehead atoms. The van der Waals surface area contributed by atoms with Gasteiger partial charge in [-0.15, -0.1) is 11.8 Å². The van der Waals surface area contributed by atoms with E-state index in [-0.39, 0.29) is 36.0 Å². The maximum Gasteiger partial charge on any atom is 0.255 e. The molecule has 5 amide bonds. The summed E-state index contributed by atoms with van der Waals surface area (Å²) in [6, 6.07) is 5.16. The first-order valence-electron chi connectivity index (χ1n) is 12.7. The molecule has 3 aliphatic rings. The van der Waals surface area contributed by atoms with Gasteiger partial charge in [-0.1, -0.05) is 31.7 Å². The number of carbonyl (C=O) groups excluding carboxylic acids is 5. The van der Waals surface area contributed by atoms with Crippen LogP contribution in [0.1, 0.15) is 86.6 Å². The summed E-state index contributed by atoms with van der Waals surface area (Å²) in [5, 5.41) is 2.35. The molecule has 1 aromatic carbocycles. The fourth-order valence-electron chi connectivity index (χ4n) is 5.00. The van der Waals surface area contributed by atoms with Crippen molar-refractivity contribution in [1.29, 1.82) is 0 Å². The zero-order chi connectivity index (χ0) is 24.8. The Bertz CT molecular complexity index is 995. The second-order valence-corrected chi connectivity index (χ2v) is 10.6. The summed E-state index contributed by atoms with van der Waals surface area (Å²) < 4.78 is 0. The van der Waals surface area contributed by atoms with Crippen molar-refractivity contribution in [2.75, 3.05) is 12.3 Å². The first-order chi connectivity index (χ1) is 17.0. The lowest BCUT2D eigenvalue weighted by molar-refractivity contribution is -0.148. The summed E-state index contributed by atoms with van der Waals surface area (Å²) in [5.41, 5.74) is 1.64. The standard InChI is InChI=1S/C26H33N3O5S/c30-22-14-13-20(25(33)27-22)29-17-19-18(26(29)34)9-7-10-21(19)35-16-6-4-2-1-3-5-15-28-23(31)11-8-12-24(28)32/h7,9-10,20H,1-6,8,11-17H2,(H,27,30,33). The topological polar surface area (TPSA) is 104 Å². The van der Waals surface area contributed by atoms with Gasteiger partial charge in [0.2, 0.25) is 23.6 Å². The minimum absolute atomic E-state index is 0.0207. The molecule has 0 aromatic heterocycles. The Morgan fingerprint density at radius 2 is 1.60 bits per heavy atom. The molecule has 8 nitrogen and oxygen atoms in total. The smallest absolute Gasteiger partial charge is 0.255 e. The normalized spacial score (nSPS) is 20.5. The van der Waals surface area contributed by atoms with Crippen molar-refractivity contribution in [3.63, 3.8) is 0 Å². The molecule has 3 aliphatic heterocycles. The van der Waals surface area contributed by atoms with Crippen molar-refractivity contribution in [2.45, 2.75) is 88.1 Å². The number of likely N-dealkylation sites (tertiary alicyclic amines) is 1. The summed E-state index contributed by atoms with van der Waals surface area (Å²) in [6.45, 7) is 0.965. The van der Waals surface area contributed by atoms with E-state index in [0.29, 0.717) is 44.3 Å². The van der Waals surface area contributed by atoms with Crippen molar-refractivity contribution >= 4 is 41.3 Å². The number of thioether (sulfide) groups is 1. The SMILES string of the molecule is O=C1CCC(N2Cc3c(SCCCCCCCCN4C(=O)CCCC4=O)cccc3C2=O)C(=O)N1. The Morgan fingerprint density at radius 1 is 0.886 bits per heavy atom. The number of imide groups is 2. The van der Waals surface area contributed by atoms with E-state index in [1.54, 1.807) is 16.7 Å². The summed E-state index contributed by atoms with van der Waals surface area (Å²) >= 11 is 1.75. The number of nitrogens with zero attached hydrogens (tertiary/aromatic N) is 2. The van der Waals surface area contributed by atoms with Gasteiger partial charge in [-0.2, -0.15) is 0 Å². The first kappa shape index (κ1) is 25.4. The fraction of sp³-hybridized carbons (Fsp3) is 0.577. The van der Waals surface area contributed by atoms with Crippen LogP contribution in [0.15, 0.2) is 23.1 Å². The Balaban J connectivity index is 1.15. The Labute approximate surface area is 210 Å². The lowest BCUT2D eigenvalue weighted by Crippen LogP contribution is -2.52. The lowest BCUT2D eigenvalue weighted by Gasteiger charge is -2.29. The molecule has 35 heavy (non-hydrogen) atoms. The molecule has 188 valence electrons. The molecule has 2 saturated heterocycles. The molecule has 9 heteroatoms. The third-order valence-electron chi connectivity index (χ3n) is 6.96. The molecule has 0 radical (unpaired) electrons. The number of amides is 5. The number of fused-ring (bicyclic) bond motifs is 1. The van der Waals surface area contributed by atoms with Crippen molar-refractivity contribution in [3.8, 4) is 0 Å². The van der Waals surface area contributed by atoms with E-state index >= 15 is 0 Å². The molecule has 2 fully saturated rings. The van der Waals surface area contributed by atoms with Crippen molar-refractivity contribution in [3.05, 3.63) is 29.3 Å². The summed E-state index contributed by atoms with van der Waals surface area (Å²) in [7, 11) is 0. The van der Waals surface area contributed by atoms with E-state index in [0.717, 1.165) is 54.7 Å². The van der Waals surface area contributed by atoms with Gasteiger partial charge in [-0.05, 0) is 49.1 Å². The van der Waals surface area contributed by atoms with E-state index in [9.17, 15) is 24.0 Å². The minimum atomic E-state index is -0.586. The monoisotopic (exact) mass is 499 g/mol. The molecule has 0 spiro atoms. The average Bonchev–Trinajstić information content (AvgIpc) is 3.16. The van der Waals surface area contributed by atoms with Gasteiger partial charge in [0.15, 0.2) is 0 Å². The third-order valence-corrected chi connectivity index (χ3v) is 8.14. The third kappa shape index (κ3) is 6.12. The number of piperidine rings is 2. The van der Waals surface area contributed by atoms with Gasteiger partial charge < -0.3 is 4.90 Å². The fourth-order valence-corrected chi connectivity index (χ4v) is 6.09.